The number of hydrogen-bond acceptors (Lipinski definition) is 7. The minimum absolute atomic E-state index is 0.00271. The van der Waals surface area contributed by atoms with Crippen LogP contribution >= 0.6 is 23.1 Å². The Labute approximate surface area is 200 Å². The molecule has 0 bridgehead atoms. The first-order valence-corrected chi connectivity index (χ1v) is 14.2. The van der Waals surface area contributed by atoms with Crippen molar-refractivity contribution in [3.05, 3.63) is 72.1 Å². The van der Waals surface area contributed by atoms with Crippen LogP contribution in [-0.2, 0) is 14.6 Å². The standard InChI is InChI=1S/C24H21N3O3S3/c28-22(27(17-7-2-1-3-8-17)18-12-14-33(29,30)16-18)15-32-24-19-9-4-5-10-20(19)25-23(26-24)21-11-6-13-31-21/h1-11,13,18H,12,14-16H2. The van der Waals surface area contributed by atoms with E-state index in [0.29, 0.717) is 12.2 Å². The highest BCUT2D eigenvalue weighted by molar-refractivity contribution is 8.00. The number of benzene rings is 2. The van der Waals surface area contributed by atoms with E-state index in [2.05, 4.69) is 0 Å². The van der Waals surface area contributed by atoms with Crippen LogP contribution in [0.25, 0.3) is 21.6 Å². The molecule has 33 heavy (non-hydrogen) atoms. The van der Waals surface area contributed by atoms with Gasteiger partial charge in [0.2, 0.25) is 5.91 Å². The van der Waals surface area contributed by atoms with E-state index in [1.807, 2.05) is 72.1 Å². The first kappa shape index (κ1) is 22.1. The summed E-state index contributed by atoms with van der Waals surface area (Å²) < 4.78 is 24.2. The second-order valence-electron chi connectivity index (χ2n) is 7.79. The monoisotopic (exact) mass is 495 g/mol. The number of thiophene rings is 1. The molecule has 1 amide bonds. The number of nitrogens with zero attached hydrogens (tertiary/aromatic N) is 3. The van der Waals surface area contributed by atoms with Gasteiger partial charge in [0.1, 0.15) is 5.03 Å². The summed E-state index contributed by atoms with van der Waals surface area (Å²) in [6.45, 7) is 0. The van der Waals surface area contributed by atoms with Crippen molar-refractivity contribution in [2.75, 3.05) is 22.2 Å². The van der Waals surface area contributed by atoms with Gasteiger partial charge in [0.25, 0.3) is 0 Å². The van der Waals surface area contributed by atoms with Crippen molar-refractivity contribution >= 4 is 55.4 Å². The van der Waals surface area contributed by atoms with Gasteiger partial charge >= 0.3 is 0 Å². The molecule has 1 unspecified atom stereocenters. The molecule has 0 spiro atoms. The van der Waals surface area contributed by atoms with Crippen molar-refractivity contribution in [1.82, 2.24) is 9.97 Å². The van der Waals surface area contributed by atoms with E-state index in [-0.39, 0.29) is 29.2 Å². The highest BCUT2D eigenvalue weighted by Gasteiger charge is 2.35. The Morgan fingerprint density at radius 2 is 1.82 bits per heavy atom. The maximum atomic E-state index is 13.4. The summed E-state index contributed by atoms with van der Waals surface area (Å²) in [7, 11) is -3.13. The lowest BCUT2D eigenvalue weighted by molar-refractivity contribution is -0.116. The fourth-order valence-corrected chi connectivity index (χ4v) is 7.24. The van der Waals surface area contributed by atoms with Crippen LogP contribution in [0.2, 0.25) is 0 Å². The number of amides is 1. The van der Waals surface area contributed by atoms with Crippen molar-refractivity contribution in [3.8, 4) is 10.7 Å². The van der Waals surface area contributed by atoms with Gasteiger partial charge in [0.15, 0.2) is 15.7 Å². The zero-order valence-corrected chi connectivity index (χ0v) is 20.1. The Hall–Kier alpha value is -2.75. The third-order valence-corrected chi connectivity index (χ3v) is 9.11. The van der Waals surface area contributed by atoms with Crippen LogP contribution in [0.1, 0.15) is 6.42 Å². The van der Waals surface area contributed by atoms with Gasteiger partial charge in [-0.25, -0.2) is 18.4 Å². The number of fused-ring (bicyclic) bond motifs is 1. The van der Waals surface area contributed by atoms with Crippen LogP contribution in [0.5, 0.6) is 0 Å². The molecular formula is C24H21N3O3S3. The number of para-hydroxylation sites is 2. The van der Waals surface area contributed by atoms with Crippen LogP contribution in [0, 0.1) is 0 Å². The summed E-state index contributed by atoms with van der Waals surface area (Å²) in [6.07, 6.45) is 0.451. The van der Waals surface area contributed by atoms with Gasteiger partial charge in [0.05, 0.1) is 33.7 Å². The number of carbonyl (C=O) groups is 1. The average molecular weight is 496 g/mol. The zero-order chi connectivity index (χ0) is 22.8. The topological polar surface area (TPSA) is 80.2 Å². The van der Waals surface area contributed by atoms with Crippen LogP contribution in [-0.4, -0.2) is 47.6 Å². The van der Waals surface area contributed by atoms with Gasteiger partial charge < -0.3 is 4.90 Å². The van der Waals surface area contributed by atoms with Crippen LogP contribution < -0.4 is 4.90 Å². The molecule has 0 radical (unpaired) electrons. The van der Waals surface area contributed by atoms with Crippen molar-refractivity contribution in [2.24, 2.45) is 0 Å². The highest BCUT2D eigenvalue weighted by Crippen LogP contribution is 2.31. The summed E-state index contributed by atoms with van der Waals surface area (Å²) in [5, 5.41) is 3.62. The predicted molar refractivity (Wildman–Crippen MR) is 135 cm³/mol. The molecule has 1 saturated heterocycles. The quantitative estimate of drug-likeness (QED) is 0.286. The van der Waals surface area contributed by atoms with E-state index in [9.17, 15) is 13.2 Å². The molecule has 1 fully saturated rings. The first-order valence-electron chi connectivity index (χ1n) is 10.5. The molecule has 0 N–H and O–H groups in total. The molecule has 168 valence electrons. The maximum absolute atomic E-state index is 13.4. The molecule has 4 aromatic rings. The fourth-order valence-electron chi connectivity index (χ4n) is 4.00. The molecular weight excluding hydrogens is 474 g/mol. The molecule has 0 saturated carbocycles. The van der Waals surface area contributed by atoms with Crippen molar-refractivity contribution < 1.29 is 13.2 Å². The number of rotatable bonds is 6. The molecule has 3 heterocycles. The Bertz CT molecular complexity index is 1390. The van der Waals surface area contributed by atoms with Gasteiger partial charge in [-0.15, -0.1) is 11.3 Å². The smallest absolute Gasteiger partial charge is 0.237 e. The molecule has 2 aromatic heterocycles. The third-order valence-electron chi connectivity index (χ3n) is 5.52. The summed E-state index contributed by atoms with van der Waals surface area (Å²) in [6, 6.07) is 20.7. The number of carbonyl (C=O) groups excluding carboxylic acids is 1. The van der Waals surface area contributed by atoms with E-state index in [1.54, 1.807) is 16.2 Å². The van der Waals surface area contributed by atoms with Crippen molar-refractivity contribution in [2.45, 2.75) is 17.5 Å². The van der Waals surface area contributed by atoms with E-state index in [0.717, 1.165) is 26.5 Å². The lowest BCUT2D eigenvalue weighted by Gasteiger charge is -2.28. The Morgan fingerprint density at radius 1 is 1.03 bits per heavy atom. The lowest BCUT2D eigenvalue weighted by Crippen LogP contribution is -2.42. The molecule has 1 aliphatic heterocycles. The number of hydrogen-bond donors (Lipinski definition) is 0. The van der Waals surface area contributed by atoms with E-state index >= 15 is 0 Å². The minimum atomic E-state index is -3.13. The summed E-state index contributed by atoms with van der Waals surface area (Å²) in [5.41, 5.74) is 1.55. The SMILES string of the molecule is O=C(CSc1nc(-c2cccs2)nc2ccccc12)N(c1ccccc1)C1CCS(=O)(=O)C1. The van der Waals surface area contributed by atoms with Gasteiger partial charge in [-0.3, -0.25) is 4.79 Å². The Balaban J connectivity index is 1.44. The number of sulfone groups is 1. The molecule has 5 rings (SSSR count). The van der Waals surface area contributed by atoms with Gasteiger partial charge in [0, 0.05) is 11.1 Å². The first-order chi connectivity index (χ1) is 16.0. The summed E-state index contributed by atoms with van der Waals surface area (Å²) >= 11 is 2.93. The second-order valence-corrected chi connectivity index (χ2v) is 11.9. The van der Waals surface area contributed by atoms with Crippen molar-refractivity contribution in [3.63, 3.8) is 0 Å². The van der Waals surface area contributed by atoms with E-state index < -0.39 is 9.84 Å². The van der Waals surface area contributed by atoms with Crippen molar-refractivity contribution in [1.29, 1.82) is 0 Å². The Morgan fingerprint density at radius 3 is 2.55 bits per heavy atom. The largest absolute Gasteiger partial charge is 0.308 e. The average Bonchev–Trinajstić information content (AvgIpc) is 3.48. The normalized spacial score (nSPS) is 17.3. The van der Waals surface area contributed by atoms with E-state index in [1.165, 1.54) is 11.8 Å². The van der Waals surface area contributed by atoms with Gasteiger partial charge in [-0.1, -0.05) is 54.2 Å². The van der Waals surface area contributed by atoms with Crippen LogP contribution in [0.3, 0.4) is 0 Å². The zero-order valence-electron chi connectivity index (χ0n) is 17.6. The van der Waals surface area contributed by atoms with Gasteiger partial charge in [-0.05, 0) is 36.1 Å². The van der Waals surface area contributed by atoms with E-state index in [4.69, 9.17) is 9.97 Å². The molecule has 1 atom stereocenters. The third kappa shape index (κ3) is 4.80. The molecule has 0 aliphatic carbocycles. The molecule has 1 aliphatic rings. The lowest BCUT2D eigenvalue weighted by atomic mass is 10.2. The summed E-state index contributed by atoms with van der Waals surface area (Å²) in [5.74, 6) is 0.768. The minimum Gasteiger partial charge on any atom is -0.308 e. The molecule has 2 aromatic carbocycles. The number of aromatic nitrogens is 2. The molecule has 6 nitrogen and oxygen atoms in total. The number of thioether (sulfide) groups is 1. The predicted octanol–water partition coefficient (Wildman–Crippen LogP) is 4.67. The number of anilines is 1. The summed E-state index contributed by atoms with van der Waals surface area (Å²) in [4.78, 5) is 25.5. The van der Waals surface area contributed by atoms with Crippen LogP contribution in [0.4, 0.5) is 5.69 Å². The highest BCUT2D eigenvalue weighted by atomic mass is 32.2. The Kier molecular flexibility index (Phi) is 6.18. The maximum Gasteiger partial charge on any atom is 0.237 e. The second kappa shape index (κ2) is 9.24. The van der Waals surface area contributed by atoms with Crippen LogP contribution in [0.15, 0.2) is 77.1 Å². The molecule has 9 heteroatoms. The fraction of sp³-hybridized carbons (Fsp3) is 0.208. The van der Waals surface area contributed by atoms with Gasteiger partial charge in [-0.2, -0.15) is 0 Å².